The average molecular weight is 347 g/mol. The number of aromatic nitrogens is 3. The number of rotatable bonds is 4. The molecule has 124 valence electrons. The molecule has 0 saturated carbocycles. The highest BCUT2D eigenvalue weighted by Crippen LogP contribution is 2.18. The summed E-state index contributed by atoms with van der Waals surface area (Å²) in [6.45, 7) is 4.09. The van der Waals surface area contributed by atoms with Crippen LogP contribution >= 0.6 is 11.6 Å². The van der Waals surface area contributed by atoms with Crippen molar-refractivity contribution in [2.45, 2.75) is 13.8 Å². The van der Waals surface area contributed by atoms with Crippen LogP contribution in [0.5, 0.6) is 5.75 Å². The summed E-state index contributed by atoms with van der Waals surface area (Å²) >= 11 is 5.89. The number of amides is 1. The van der Waals surface area contributed by atoms with Gasteiger partial charge in [0.2, 0.25) is 0 Å². The van der Waals surface area contributed by atoms with E-state index in [0.717, 1.165) is 10.3 Å². The van der Waals surface area contributed by atoms with E-state index in [1.807, 2.05) is 6.92 Å². The number of nitrogens with zero attached hydrogens (tertiary/aromatic N) is 2. The van der Waals surface area contributed by atoms with Gasteiger partial charge in [0.1, 0.15) is 16.3 Å². The molecule has 0 radical (unpaired) electrons. The van der Waals surface area contributed by atoms with Crippen molar-refractivity contribution >= 4 is 28.8 Å². The molecule has 2 N–H and O–H groups in total. The number of anilines is 1. The van der Waals surface area contributed by atoms with Gasteiger partial charge in [-0.25, -0.2) is 4.98 Å². The predicted octanol–water partition coefficient (Wildman–Crippen LogP) is 2.64. The van der Waals surface area contributed by atoms with E-state index in [1.54, 1.807) is 31.2 Å². The van der Waals surface area contributed by atoms with Gasteiger partial charge in [0.15, 0.2) is 5.65 Å². The highest BCUT2D eigenvalue weighted by atomic mass is 35.5. The van der Waals surface area contributed by atoms with E-state index in [1.165, 1.54) is 6.20 Å². The van der Waals surface area contributed by atoms with Crippen LogP contribution in [0.15, 0.2) is 35.3 Å². The molecule has 0 fully saturated rings. The Labute approximate surface area is 142 Å². The fourth-order valence-electron chi connectivity index (χ4n) is 2.27. The maximum Gasteiger partial charge on any atom is 0.291 e. The molecular weight excluding hydrogens is 332 g/mol. The molecule has 0 aliphatic carbocycles. The number of halogens is 1. The van der Waals surface area contributed by atoms with Crippen LogP contribution in [0.2, 0.25) is 5.02 Å². The van der Waals surface area contributed by atoms with Gasteiger partial charge in [0, 0.05) is 11.9 Å². The van der Waals surface area contributed by atoms with Crippen molar-refractivity contribution in [3.8, 4) is 5.75 Å². The molecule has 0 spiro atoms. The van der Waals surface area contributed by atoms with Gasteiger partial charge in [0.25, 0.3) is 11.5 Å². The minimum Gasteiger partial charge on any atom is -0.494 e. The number of carbonyl (C=O) groups excluding carboxylic acids is 1. The van der Waals surface area contributed by atoms with Crippen LogP contribution in [0.25, 0.3) is 5.65 Å². The summed E-state index contributed by atoms with van der Waals surface area (Å²) in [5.74, 6) is 0.340. The quantitative estimate of drug-likeness (QED) is 0.760. The fraction of sp³-hybridized carbons (Fsp3) is 0.188. The number of fused-ring (bicyclic) bond motifs is 1. The molecule has 1 aromatic carbocycles. The molecule has 2 heterocycles. The molecule has 3 aromatic rings. The van der Waals surface area contributed by atoms with Gasteiger partial charge >= 0.3 is 0 Å². The van der Waals surface area contributed by atoms with Gasteiger partial charge in [-0.3, -0.25) is 14.7 Å². The molecule has 2 aromatic heterocycles. The lowest BCUT2D eigenvalue weighted by molar-refractivity contribution is 0.102. The first-order valence-electron chi connectivity index (χ1n) is 7.31. The normalized spacial score (nSPS) is 10.8. The zero-order valence-corrected chi connectivity index (χ0v) is 13.8. The van der Waals surface area contributed by atoms with E-state index in [4.69, 9.17) is 16.3 Å². The Morgan fingerprint density at radius 3 is 2.75 bits per heavy atom. The van der Waals surface area contributed by atoms with Crippen LogP contribution in [0.4, 0.5) is 5.69 Å². The number of aryl methyl sites for hydroxylation is 1. The number of hydrogen-bond acceptors (Lipinski definition) is 4. The fourth-order valence-corrected chi connectivity index (χ4v) is 2.39. The summed E-state index contributed by atoms with van der Waals surface area (Å²) in [7, 11) is 0. The molecule has 0 unspecified atom stereocenters. The van der Waals surface area contributed by atoms with Crippen LogP contribution in [-0.4, -0.2) is 27.1 Å². The second kappa shape index (κ2) is 6.37. The number of ether oxygens (including phenoxy) is 1. The van der Waals surface area contributed by atoms with Gasteiger partial charge in [-0.15, -0.1) is 0 Å². The minimum atomic E-state index is -0.445. The molecule has 0 atom stereocenters. The molecule has 0 saturated heterocycles. The van der Waals surface area contributed by atoms with E-state index in [9.17, 15) is 9.59 Å². The second-order valence-electron chi connectivity index (χ2n) is 5.07. The Hall–Kier alpha value is -2.80. The van der Waals surface area contributed by atoms with Gasteiger partial charge in [-0.2, -0.15) is 4.52 Å². The third kappa shape index (κ3) is 2.85. The van der Waals surface area contributed by atoms with Crippen molar-refractivity contribution in [3.05, 3.63) is 57.1 Å². The number of benzene rings is 1. The van der Waals surface area contributed by atoms with Crippen molar-refractivity contribution in [3.63, 3.8) is 0 Å². The third-order valence-corrected chi connectivity index (χ3v) is 3.88. The molecule has 1 amide bonds. The van der Waals surface area contributed by atoms with Crippen LogP contribution < -0.4 is 15.6 Å². The summed E-state index contributed by atoms with van der Waals surface area (Å²) < 4.78 is 6.50. The summed E-state index contributed by atoms with van der Waals surface area (Å²) in [4.78, 5) is 28.7. The lowest BCUT2D eigenvalue weighted by atomic mass is 10.2. The summed E-state index contributed by atoms with van der Waals surface area (Å²) in [6.07, 6.45) is 1.42. The first-order chi connectivity index (χ1) is 11.5. The summed E-state index contributed by atoms with van der Waals surface area (Å²) in [5, 5.41) is 5.47. The topological polar surface area (TPSA) is 88.5 Å². The molecule has 3 rings (SSSR count). The Bertz CT molecular complexity index is 960. The monoisotopic (exact) mass is 346 g/mol. The lowest BCUT2D eigenvalue weighted by Crippen LogP contribution is -2.18. The Kier molecular flexibility index (Phi) is 4.26. The minimum absolute atomic E-state index is 0.0211. The highest BCUT2D eigenvalue weighted by Gasteiger charge is 2.17. The summed E-state index contributed by atoms with van der Waals surface area (Å²) in [5.41, 5.74) is 1.01. The Morgan fingerprint density at radius 1 is 1.38 bits per heavy atom. The van der Waals surface area contributed by atoms with Crippen LogP contribution in [0, 0.1) is 6.92 Å². The van der Waals surface area contributed by atoms with Crippen molar-refractivity contribution in [1.82, 2.24) is 14.6 Å². The maximum absolute atomic E-state index is 12.5. The van der Waals surface area contributed by atoms with Crippen LogP contribution in [0.1, 0.15) is 23.0 Å². The van der Waals surface area contributed by atoms with Gasteiger partial charge in [-0.1, -0.05) is 11.6 Å². The van der Waals surface area contributed by atoms with E-state index in [-0.39, 0.29) is 22.1 Å². The van der Waals surface area contributed by atoms with E-state index < -0.39 is 5.56 Å². The standard InChI is InChI=1S/C16H15ClN4O3/c1-3-24-11-6-4-10(5-7-11)20-15(22)12-8-18-21-14(12)19-9(2)13(17)16(21)23/h4-8,18H,3H2,1-2H3,(H,20,22). The van der Waals surface area contributed by atoms with Gasteiger partial charge in [0.05, 0.1) is 12.3 Å². The average Bonchev–Trinajstić information content (AvgIpc) is 2.98. The van der Waals surface area contributed by atoms with Crippen molar-refractivity contribution < 1.29 is 9.53 Å². The van der Waals surface area contributed by atoms with E-state index in [0.29, 0.717) is 18.0 Å². The highest BCUT2D eigenvalue weighted by molar-refractivity contribution is 6.31. The molecule has 24 heavy (non-hydrogen) atoms. The van der Waals surface area contributed by atoms with Gasteiger partial charge in [-0.05, 0) is 38.1 Å². The van der Waals surface area contributed by atoms with E-state index in [2.05, 4.69) is 15.4 Å². The van der Waals surface area contributed by atoms with Crippen molar-refractivity contribution in [1.29, 1.82) is 0 Å². The Balaban J connectivity index is 1.90. The molecular formula is C16H15ClN4O3. The zero-order valence-electron chi connectivity index (χ0n) is 13.1. The Morgan fingerprint density at radius 2 is 2.08 bits per heavy atom. The number of hydrogen-bond donors (Lipinski definition) is 2. The van der Waals surface area contributed by atoms with Crippen LogP contribution in [-0.2, 0) is 0 Å². The first kappa shape index (κ1) is 16.1. The van der Waals surface area contributed by atoms with Crippen LogP contribution in [0.3, 0.4) is 0 Å². The smallest absolute Gasteiger partial charge is 0.291 e. The zero-order chi connectivity index (χ0) is 17.3. The lowest BCUT2D eigenvalue weighted by Gasteiger charge is -2.06. The van der Waals surface area contributed by atoms with Crippen molar-refractivity contribution in [2.75, 3.05) is 11.9 Å². The molecule has 0 bridgehead atoms. The summed E-state index contributed by atoms with van der Waals surface area (Å²) in [6, 6.07) is 7.00. The largest absolute Gasteiger partial charge is 0.494 e. The number of carbonyl (C=O) groups is 1. The number of H-pyrrole nitrogens is 1. The molecule has 8 heteroatoms. The third-order valence-electron chi connectivity index (χ3n) is 3.44. The second-order valence-corrected chi connectivity index (χ2v) is 5.45. The maximum atomic E-state index is 12.5. The molecule has 0 aliphatic heterocycles. The number of aromatic amines is 1. The predicted molar refractivity (Wildman–Crippen MR) is 91.1 cm³/mol. The van der Waals surface area contributed by atoms with Gasteiger partial charge < -0.3 is 10.1 Å². The van der Waals surface area contributed by atoms with E-state index >= 15 is 0 Å². The molecule has 7 nitrogen and oxygen atoms in total. The SMILES string of the molecule is CCOc1ccc(NC(=O)c2c[nH]n3c(=O)c(Cl)c(C)nc23)cc1. The first-order valence-corrected chi connectivity index (χ1v) is 7.69. The number of nitrogens with one attached hydrogen (secondary N) is 2. The van der Waals surface area contributed by atoms with Crippen molar-refractivity contribution in [2.24, 2.45) is 0 Å². The molecule has 0 aliphatic rings.